The highest BCUT2D eigenvalue weighted by atomic mass is 35.5. The molecule has 120 valence electrons. The molecule has 1 aromatic carbocycles. The van der Waals surface area contributed by atoms with Crippen molar-refractivity contribution in [3.05, 3.63) is 23.8 Å². The molecule has 6 heteroatoms. The molecule has 0 heterocycles. The second-order valence-corrected chi connectivity index (χ2v) is 7.24. The first-order valence-corrected chi connectivity index (χ1v) is 9.22. The van der Waals surface area contributed by atoms with E-state index >= 15 is 0 Å². The number of hydrogen-bond donors (Lipinski definition) is 0. The van der Waals surface area contributed by atoms with Crippen LogP contribution in [0.3, 0.4) is 0 Å². The lowest BCUT2D eigenvalue weighted by atomic mass is 10.2. The van der Waals surface area contributed by atoms with E-state index in [-0.39, 0.29) is 10.8 Å². The van der Waals surface area contributed by atoms with Gasteiger partial charge < -0.3 is 4.74 Å². The van der Waals surface area contributed by atoms with Gasteiger partial charge in [0.1, 0.15) is 5.75 Å². The summed E-state index contributed by atoms with van der Waals surface area (Å²) in [6, 6.07) is 4.88. The molecule has 4 nitrogen and oxygen atoms in total. The van der Waals surface area contributed by atoms with Crippen molar-refractivity contribution >= 4 is 21.6 Å². The Morgan fingerprint density at radius 2 is 1.95 bits per heavy atom. The maximum absolute atomic E-state index is 12.5. The van der Waals surface area contributed by atoms with Crippen LogP contribution in [0, 0.1) is 0 Å². The van der Waals surface area contributed by atoms with Crippen molar-refractivity contribution in [3.8, 4) is 5.75 Å². The lowest BCUT2D eigenvalue weighted by molar-refractivity contribution is 0.315. The lowest BCUT2D eigenvalue weighted by Gasteiger charge is -2.18. The number of alkyl halides is 1. The minimum Gasteiger partial charge on any atom is -0.493 e. The third-order valence-electron chi connectivity index (χ3n) is 3.17. The first-order chi connectivity index (χ1) is 9.97. The molecule has 0 aromatic heterocycles. The third-order valence-corrected chi connectivity index (χ3v) is 5.31. The monoisotopic (exact) mass is 333 g/mol. The Hall–Kier alpha value is -0.780. The number of benzene rings is 1. The molecule has 0 bridgehead atoms. The van der Waals surface area contributed by atoms with Crippen molar-refractivity contribution in [2.75, 3.05) is 20.2 Å². The minimum absolute atomic E-state index is 0.223. The molecule has 1 rings (SSSR count). The summed E-state index contributed by atoms with van der Waals surface area (Å²) in [5.41, 5.74) is 0.704. The van der Waals surface area contributed by atoms with Crippen molar-refractivity contribution in [1.82, 2.24) is 4.31 Å². The average Bonchev–Trinajstić information content (AvgIpc) is 2.50. The predicted molar refractivity (Wildman–Crippen MR) is 86.5 cm³/mol. The Bertz CT molecular complexity index is 546. The van der Waals surface area contributed by atoms with Gasteiger partial charge >= 0.3 is 0 Å². The van der Waals surface area contributed by atoms with Gasteiger partial charge in [0.2, 0.25) is 10.0 Å². The fourth-order valence-corrected chi connectivity index (χ4v) is 3.32. The molecule has 0 saturated heterocycles. The second kappa shape index (κ2) is 8.61. The number of nitrogens with zero attached hydrogens (tertiary/aromatic N) is 1. The molecule has 0 amide bonds. The number of unbranched alkanes of at least 4 members (excludes halogenated alkanes) is 1. The zero-order valence-electron chi connectivity index (χ0n) is 12.9. The van der Waals surface area contributed by atoms with Crippen LogP contribution in [0.5, 0.6) is 5.75 Å². The Labute approximate surface area is 133 Å². The molecule has 0 aliphatic rings. The van der Waals surface area contributed by atoms with Crippen molar-refractivity contribution < 1.29 is 13.2 Å². The molecule has 0 saturated carbocycles. The molecule has 0 atom stereocenters. The van der Waals surface area contributed by atoms with E-state index in [1.165, 1.54) is 4.31 Å². The van der Waals surface area contributed by atoms with Crippen LogP contribution in [0.1, 0.15) is 38.7 Å². The van der Waals surface area contributed by atoms with Gasteiger partial charge in [-0.3, -0.25) is 0 Å². The molecule has 0 aliphatic carbocycles. The fourth-order valence-electron chi connectivity index (χ4n) is 1.85. The normalized spacial score (nSPS) is 11.9. The van der Waals surface area contributed by atoms with Crippen molar-refractivity contribution in [3.63, 3.8) is 0 Å². The minimum atomic E-state index is -3.46. The zero-order chi connectivity index (χ0) is 15.9. The number of sulfonamides is 1. The van der Waals surface area contributed by atoms with Gasteiger partial charge in [-0.1, -0.05) is 20.3 Å². The predicted octanol–water partition coefficient (Wildman–Crippen LogP) is 3.63. The average molecular weight is 334 g/mol. The number of ether oxygens (including phenoxy) is 1. The number of hydrogen-bond acceptors (Lipinski definition) is 3. The van der Waals surface area contributed by atoms with E-state index in [0.29, 0.717) is 24.5 Å². The van der Waals surface area contributed by atoms with E-state index < -0.39 is 10.0 Å². The Morgan fingerprint density at radius 1 is 1.24 bits per heavy atom. The summed E-state index contributed by atoms with van der Waals surface area (Å²) in [7, 11) is -1.86. The molecule has 0 unspecified atom stereocenters. The molecule has 1 aromatic rings. The van der Waals surface area contributed by atoms with Gasteiger partial charge in [-0.25, -0.2) is 12.7 Å². The molecule has 0 radical (unpaired) electrons. The maximum Gasteiger partial charge on any atom is 0.242 e. The van der Waals surface area contributed by atoms with E-state index in [2.05, 4.69) is 0 Å². The summed E-state index contributed by atoms with van der Waals surface area (Å²) >= 11 is 5.91. The highest BCUT2D eigenvalue weighted by Gasteiger charge is 2.21. The molecular formula is C15H24ClNO3S. The van der Waals surface area contributed by atoms with Gasteiger partial charge in [0.05, 0.1) is 17.4 Å². The van der Waals surface area contributed by atoms with Crippen LogP contribution in [0.2, 0.25) is 0 Å². The van der Waals surface area contributed by atoms with E-state index in [0.717, 1.165) is 19.3 Å². The SMILES string of the molecule is CCCCN(C)S(=O)(=O)c1ccc(OCCC)c(CCl)c1. The summed E-state index contributed by atoms with van der Waals surface area (Å²) < 4.78 is 31.9. The van der Waals surface area contributed by atoms with Gasteiger partial charge in [-0.15, -0.1) is 11.6 Å². The van der Waals surface area contributed by atoms with E-state index in [1.54, 1.807) is 25.2 Å². The van der Waals surface area contributed by atoms with Gasteiger partial charge in [-0.2, -0.15) is 0 Å². The van der Waals surface area contributed by atoms with Gasteiger partial charge in [0.25, 0.3) is 0 Å². The summed E-state index contributed by atoms with van der Waals surface area (Å²) in [5, 5.41) is 0. The highest BCUT2D eigenvalue weighted by molar-refractivity contribution is 7.89. The van der Waals surface area contributed by atoms with Crippen LogP contribution in [0.4, 0.5) is 0 Å². The van der Waals surface area contributed by atoms with Crippen molar-refractivity contribution in [1.29, 1.82) is 0 Å². The fraction of sp³-hybridized carbons (Fsp3) is 0.600. The van der Waals surface area contributed by atoms with Crippen LogP contribution in [-0.4, -0.2) is 32.9 Å². The molecule has 0 N–H and O–H groups in total. The molecule has 0 aliphatic heterocycles. The van der Waals surface area contributed by atoms with Crippen molar-refractivity contribution in [2.45, 2.75) is 43.9 Å². The quantitative estimate of drug-likeness (QED) is 0.648. The smallest absolute Gasteiger partial charge is 0.242 e. The summed E-state index contributed by atoms with van der Waals surface area (Å²) in [5.74, 6) is 0.878. The first-order valence-electron chi connectivity index (χ1n) is 7.25. The number of rotatable bonds is 9. The zero-order valence-corrected chi connectivity index (χ0v) is 14.5. The highest BCUT2D eigenvalue weighted by Crippen LogP contribution is 2.26. The Morgan fingerprint density at radius 3 is 2.52 bits per heavy atom. The second-order valence-electron chi connectivity index (χ2n) is 4.93. The van der Waals surface area contributed by atoms with Crippen LogP contribution in [0.25, 0.3) is 0 Å². The Kier molecular flexibility index (Phi) is 7.49. The topological polar surface area (TPSA) is 46.6 Å². The Balaban J connectivity index is 3.02. The lowest BCUT2D eigenvalue weighted by Crippen LogP contribution is -2.28. The summed E-state index contributed by atoms with van der Waals surface area (Å²) in [6.07, 6.45) is 2.69. The largest absolute Gasteiger partial charge is 0.493 e. The van der Waals surface area contributed by atoms with E-state index in [1.807, 2.05) is 13.8 Å². The van der Waals surface area contributed by atoms with Crippen LogP contribution in [0.15, 0.2) is 23.1 Å². The van der Waals surface area contributed by atoms with E-state index in [4.69, 9.17) is 16.3 Å². The number of halogens is 1. The molecule has 0 fully saturated rings. The van der Waals surface area contributed by atoms with E-state index in [9.17, 15) is 8.42 Å². The maximum atomic E-state index is 12.5. The third kappa shape index (κ3) is 4.87. The molecule has 0 spiro atoms. The van der Waals surface area contributed by atoms with Gasteiger partial charge in [0.15, 0.2) is 0 Å². The molecule has 21 heavy (non-hydrogen) atoms. The first kappa shape index (κ1) is 18.3. The van der Waals surface area contributed by atoms with Gasteiger partial charge in [-0.05, 0) is 31.0 Å². The van der Waals surface area contributed by atoms with Crippen molar-refractivity contribution in [2.24, 2.45) is 0 Å². The summed E-state index contributed by atoms with van der Waals surface area (Å²) in [6.45, 7) is 5.16. The standard InChI is InChI=1S/C15H24ClNO3S/c1-4-6-9-17(3)21(18,19)14-7-8-15(20-10-5-2)13(11-14)12-16/h7-8,11H,4-6,9-10,12H2,1-3H3. The van der Waals surface area contributed by atoms with Crippen LogP contribution in [-0.2, 0) is 15.9 Å². The van der Waals surface area contributed by atoms with Crippen LogP contribution >= 0.6 is 11.6 Å². The van der Waals surface area contributed by atoms with Gasteiger partial charge in [0, 0.05) is 19.2 Å². The molecular weight excluding hydrogens is 310 g/mol. The van der Waals surface area contributed by atoms with Crippen LogP contribution < -0.4 is 4.74 Å². The summed E-state index contributed by atoms with van der Waals surface area (Å²) in [4.78, 5) is 0.264.